The van der Waals surface area contributed by atoms with E-state index >= 15 is 0 Å². The standard InChI is InChI=1S/C15H20N4O4S/c1-19-9-13(8-17-19)24(21,22)18-15(11-5-12(20)6-11)10-3-4-14(23-2)16-7-10/h3-4,7-9,11-12,15,18,20H,5-6H2,1-2H3/t11?,12?,15-/m1/s1. The molecule has 3 rings (SSSR count). The molecule has 24 heavy (non-hydrogen) atoms. The van der Waals surface area contributed by atoms with E-state index in [0.717, 1.165) is 5.56 Å². The number of aliphatic hydroxyl groups excluding tert-OH is 1. The second kappa shape index (κ2) is 6.50. The van der Waals surface area contributed by atoms with Crippen LogP contribution in [0, 0.1) is 5.92 Å². The van der Waals surface area contributed by atoms with Crippen molar-refractivity contribution in [3.8, 4) is 5.88 Å². The van der Waals surface area contributed by atoms with E-state index in [1.807, 2.05) is 0 Å². The Hall–Kier alpha value is -1.97. The smallest absolute Gasteiger partial charge is 0.244 e. The number of rotatable bonds is 6. The van der Waals surface area contributed by atoms with Gasteiger partial charge in [-0.2, -0.15) is 5.10 Å². The Balaban J connectivity index is 1.87. The third-order valence-corrected chi connectivity index (χ3v) is 5.62. The van der Waals surface area contributed by atoms with E-state index in [4.69, 9.17) is 4.74 Å². The van der Waals surface area contributed by atoms with Gasteiger partial charge < -0.3 is 9.84 Å². The normalized spacial score (nSPS) is 22.0. The molecule has 0 aliphatic heterocycles. The van der Waals surface area contributed by atoms with Crippen molar-refractivity contribution in [2.45, 2.75) is 29.9 Å². The van der Waals surface area contributed by atoms with E-state index in [1.54, 1.807) is 25.4 Å². The van der Waals surface area contributed by atoms with Crippen molar-refractivity contribution in [2.75, 3.05) is 7.11 Å². The zero-order valence-corrected chi connectivity index (χ0v) is 14.3. The summed E-state index contributed by atoms with van der Waals surface area (Å²) in [6.45, 7) is 0. The SMILES string of the molecule is COc1ccc([C@@H](NS(=O)(=O)c2cnn(C)c2)C2CC(O)C2)cn1. The summed E-state index contributed by atoms with van der Waals surface area (Å²) in [7, 11) is -0.536. The van der Waals surface area contributed by atoms with Crippen molar-refractivity contribution >= 4 is 10.0 Å². The average molecular weight is 352 g/mol. The number of nitrogens with zero attached hydrogens (tertiary/aromatic N) is 3. The van der Waals surface area contributed by atoms with Crippen molar-refractivity contribution < 1.29 is 18.3 Å². The highest BCUT2D eigenvalue weighted by Gasteiger charge is 2.37. The van der Waals surface area contributed by atoms with Crippen molar-refractivity contribution in [1.82, 2.24) is 19.5 Å². The van der Waals surface area contributed by atoms with Gasteiger partial charge in [0.05, 0.1) is 25.5 Å². The summed E-state index contributed by atoms with van der Waals surface area (Å²) >= 11 is 0. The molecule has 9 heteroatoms. The fraction of sp³-hybridized carbons (Fsp3) is 0.467. The average Bonchev–Trinajstić information content (AvgIpc) is 2.97. The van der Waals surface area contributed by atoms with Crippen LogP contribution in [-0.2, 0) is 17.1 Å². The van der Waals surface area contributed by atoms with Crippen LogP contribution in [0.4, 0.5) is 0 Å². The van der Waals surface area contributed by atoms with Gasteiger partial charge in [-0.15, -0.1) is 0 Å². The number of nitrogens with one attached hydrogen (secondary N) is 1. The van der Waals surface area contributed by atoms with Gasteiger partial charge in [-0.3, -0.25) is 4.68 Å². The Labute approximate surface area is 140 Å². The van der Waals surface area contributed by atoms with Crippen molar-refractivity contribution in [1.29, 1.82) is 0 Å². The number of hydrogen-bond donors (Lipinski definition) is 2. The highest BCUT2D eigenvalue weighted by Crippen LogP contribution is 2.39. The van der Waals surface area contributed by atoms with Crippen LogP contribution in [0.2, 0.25) is 0 Å². The fourth-order valence-electron chi connectivity index (χ4n) is 2.81. The molecule has 0 bridgehead atoms. The lowest BCUT2D eigenvalue weighted by Gasteiger charge is -2.37. The first kappa shape index (κ1) is 16.9. The van der Waals surface area contributed by atoms with Gasteiger partial charge in [0.2, 0.25) is 15.9 Å². The molecule has 1 atom stereocenters. The van der Waals surface area contributed by atoms with Gasteiger partial charge in [0.1, 0.15) is 4.90 Å². The summed E-state index contributed by atoms with van der Waals surface area (Å²) in [5, 5.41) is 13.5. The molecule has 1 saturated carbocycles. The Kier molecular flexibility index (Phi) is 4.57. The molecule has 0 aromatic carbocycles. The predicted octanol–water partition coefficient (Wildman–Crippen LogP) is 0.614. The molecule has 2 aromatic rings. The van der Waals surface area contributed by atoms with E-state index in [2.05, 4.69) is 14.8 Å². The molecular formula is C15H20N4O4S. The van der Waals surface area contributed by atoms with Gasteiger partial charge in [0.15, 0.2) is 0 Å². The maximum atomic E-state index is 12.6. The third kappa shape index (κ3) is 3.42. The Morgan fingerprint density at radius 1 is 1.38 bits per heavy atom. The number of hydrogen-bond acceptors (Lipinski definition) is 6. The van der Waals surface area contributed by atoms with Gasteiger partial charge in [0.25, 0.3) is 0 Å². The second-order valence-corrected chi connectivity index (χ2v) is 7.68. The molecule has 2 heterocycles. The molecule has 1 aliphatic carbocycles. The lowest BCUT2D eigenvalue weighted by Crippen LogP contribution is -2.41. The molecule has 130 valence electrons. The summed E-state index contributed by atoms with van der Waals surface area (Å²) in [5.74, 6) is 0.475. The number of pyridine rings is 1. The van der Waals surface area contributed by atoms with E-state index in [9.17, 15) is 13.5 Å². The quantitative estimate of drug-likeness (QED) is 0.789. The molecule has 0 saturated heterocycles. The minimum absolute atomic E-state index is 0.0154. The number of sulfonamides is 1. The molecule has 2 aromatic heterocycles. The summed E-state index contributed by atoms with van der Waals surface area (Å²) in [4.78, 5) is 4.26. The van der Waals surface area contributed by atoms with Crippen molar-refractivity contribution in [2.24, 2.45) is 13.0 Å². The van der Waals surface area contributed by atoms with Crippen LogP contribution < -0.4 is 9.46 Å². The van der Waals surface area contributed by atoms with Crippen LogP contribution in [0.5, 0.6) is 5.88 Å². The van der Waals surface area contributed by atoms with Crippen molar-refractivity contribution in [3.63, 3.8) is 0 Å². The summed E-state index contributed by atoms with van der Waals surface area (Å²) in [5.41, 5.74) is 0.736. The van der Waals surface area contributed by atoms with Crippen LogP contribution in [0.15, 0.2) is 35.6 Å². The Morgan fingerprint density at radius 2 is 2.12 bits per heavy atom. The largest absolute Gasteiger partial charge is 0.481 e. The topological polar surface area (TPSA) is 106 Å². The molecule has 0 unspecified atom stereocenters. The zero-order valence-electron chi connectivity index (χ0n) is 13.5. The number of methoxy groups -OCH3 is 1. The van der Waals surface area contributed by atoms with Crippen molar-refractivity contribution in [3.05, 3.63) is 36.3 Å². The van der Waals surface area contributed by atoms with Gasteiger partial charge in [-0.1, -0.05) is 6.07 Å². The number of aliphatic hydroxyl groups is 1. The first-order valence-corrected chi connectivity index (χ1v) is 9.06. The van der Waals surface area contributed by atoms with Crippen LogP contribution in [0.25, 0.3) is 0 Å². The molecular weight excluding hydrogens is 332 g/mol. The van der Waals surface area contributed by atoms with Crippen LogP contribution in [0.3, 0.4) is 0 Å². The molecule has 8 nitrogen and oxygen atoms in total. The van der Waals surface area contributed by atoms with Crippen LogP contribution in [0.1, 0.15) is 24.4 Å². The summed E-state index contributed by atoms with van der Waals surface area (Å²) in [6, 6.07) is 3.01. The fourth-order valence-corrected chi connectivity index (χ4v) is 4.08. The lowest BCUT2D eigenvalue weighted by atomic mass is 9.76. The molecule has 1 fully saturated rings. The van der Waals surface area contributed by atoms with Gasteiger partial charge in [-0.25, -0.2) is 18.1 Å². The second-order valence-electron chi connectivity index (χ2n) is 5.97. The number of aryl methyl sites for hydroxylation is 1. The van der Waals surface area contributed by atoms with Crippen LogP contribution in [-0.4, -0.2) is 41.5 Å². The number of aromatic nitrogens is 3. The Morgan fingerprint density at radius 3 is 2.62 bits per heavy atom. The van der Waals surface area contributed by atoms with E-state index < -0.39 is 16.1 Å². The maximum absolute atomic E-state index is 12.6. The highest BCUT2D eigenvalue weighted by molar-refractivity contribution is 7.89. The van der Waals surface area contributed by atoms with E-state index in [-0.39, 0.29) is 16.9 Å². The highest BCUT2D eigenvalue weighted by atomic mass is 32.2. The summed E-state index contributed by atoms with van der Waals surface area (Å²) < 4.78 is 34.4. The van der Waals surface area contributed by atoms with Gasteiger partial charge in [0, 0.05) is 25.5 Å². The first-order valence-electron chi connectivity index (χ1n) is 7.58. The van der Waals surface area contributed by atoms with Gasteiger partial charge >= 0.3 is 0 Å². The molecule has 0 spiro atoms. The third-order valence-electron chi connectivity index (χ3n) is 4.22. The van der Waals surface area contributed by atoms with Crippen LogP contribution >= 0.6 is 0 Å². The van der Waals surface area contributed by atoms with E-state index in [1.165, 1.54) is 24.2 Å². The maximum Gasteiger partial charge on any atom is 0.244 e. The minimum Gasteiger partial charge on any atom is -0.481 e. The predicted molar refractivity (Wildman–Crippen MR) is 85.8 cm³/mol. The Bertz CT molecular complexity index is 797. The number of ether oxygens (including phenoxy) is 1. The molecule has 0 radical (unpaired) electrons. The molecule has 0 amide bonds. The minimum atomic E-state index is -3.72. The first-order chi connectivity index (χ1) is 11.4. The molecule has 1 aliphatic rings. The van der Waals surface area contributed by atoms with Gasteiger partial charge in [-0.05, 0) is 24.3 Å². The molecule has 2 N–H and O–H groups in total. The van der Waals surface area contributed by atoms with E-state index in [0.29, 0.717) is 18.7 Å². The summed E-state index contributed by atoms with van der Waals surface area (Å²) in [6.07, 6.45) is 5.06. The lowest BCUT2D eigenvalue weighted by molar-refractivity contribution is 0.0279. The zero-order chi connectivity index (χ0) is 17.3. The monoisotopic (exact) mass is 352 g/mol.